The summed E-state index contributed by atoms with van der Waals surface area (Å²) in [5, 5.41) is 0. The second-order valence-electron chi connectivity index (χ2n) is 7.16. The van der Waals surface area contributed by atoms with Gasteiger partial charge in [-0.15, -0.1) is 11.3 Å². The van der Waals surface area contributed by atoms with Gasteiger partial charge in [-0.25, -0.2) is 0 Å². The maximum atomic E-state index is 12.9. The molecule has 0 radical (unpaired) electrons. The molecule has 1 spiro atoms. The van der Waals surface area contributed by atoms with Crippen LogP contribution in [-0.4, -0.2) is 23.9 Å². The van der Waals surface area contributed by atoms with Crippen LogP contribution in [0.25, 0.3) is 10.4 Å². The standard InChI is InChI=1S/C20H22ClNOS/c21-18-16(14-17(24-18)15-6-2-1-3-7-15)19(23)22-12-10-20(11-13-22)8-4-5-9-20/h1-3,6-7,14H,4-5,8-13H2. The summed E-state index contributed by atoms with van der Waals surface area (Å²) in [4.78, 5) is 16.0. The largest absolute Gasteiger partial charge is 0.339 e. The minimum absolute atomic E-state index is 0.103. The molecule has 1 aliphatic carbocycles. The lowest BCUT2D eigenvalue weighted by molar-refractivity contribution is 0.0588. The van der Waals surface area contributed by atoms with Gasteiger partial charge in [-0.05, 0) is 42.7 Å². The minimum atomic E-state index is 0.103. The fourth-order valence-corrected chi connectivity index (χ4v) is 5.50. The number of hydrogen-bond donors (Lipinski definition) is 0. The highest BCUT2D eigenvalue weighted by Crippen LogP contribution is 2.46. The van der Waals surface area contributed by atoms with E-state index in [0.717, 1.165) is 36.4 Å². The van der Waals surface area contributed by atoms with Gasteiger partial charge in [-0.2, -0.15) is 0 Å². The zero-order valence-electron chi connectivity index (χ0n) is 13.8. The van der Waals surface area contributed by atoms with Gasteiger partial charge in [0.15, 0.2) is 0 Å². The van der Waals surface area contributed by atoms with Crippen molar-refractivity contribution in [1.29, 1.82) is 0 Å². The molecule has 1 aliphatic heterocycles. The highest BCUT2D eigenvalue weighted by molar-refractivity contribution is 7.19. The number of hydrogen-bond acceptors (Lipinski definition) is 2. The smallest absolute Gasteiger partial charge is 0.256 e. The molecule has 0 unspecified atom stereocenters. The Bertz CT molecular complexity index is 723. The summed E-state index contributed by atoms with van der Waals surface area (Å²) >= 11 is 7.90. The Labute approximate surface area is 152 Å². The van der Waals surface area contributed by atoms with Gasteiger partial charge in [-0.3, -0.25) is 4.79 Å². The number of piperidine rings is 1. The molecule has 1 amide bonds. The van der Waals surface area contributed by atoms with Crippen molar-refractivity contribution < 1.29 is 4.79 Å². The molecule has 1 aromatic carbocycles. The molecule has 126 valence electrons. The van der Waals surface area contributed by atoms with E-state index in [2.05, 4.69) is 12.1 Å². The first-order valence-electron chi connectivity index (χ1n) is 8.81. The molecule has 4 heteroatoms. The van der Waals surface area contributed by atoms with Crippen LogP contribution in [0.1, 0.15) is 48.9 Å². The van der Waals surface area contributed by atoms with Gasteiger partial charge in [-0.1, -0.05) is 54.8 Å². The SMILES string of the molecule is O=C(c1cc(-c2ccccc2)sc1Cl)N1CCC2(CCCC2)CC1. The molecule has 0 N–H and O–H groups in total. The number of nitrogens with zero attached hydrogens (tertiary/aromatic N) is 1. The number of halogens is 1. The molecule has 2 nitrogen and oxygen atoms in total. The Morgan fingerprint density at radius 1 is 1.04 bits per heavy atom. The van der Waals surface area contributed by atoms with E-state index in [9.17, 15) is 4.79 Å². The average molecular weight is 360 g/mol. The fourth-order valence-electron chi connectivity index (χ4n) is 4.24. The van der Waals surface area contributed by atoms with Crippen molar-refractivity contribution in [1.82, 2.24) is 4.90 Å². The quantitative estimate of drug-likeness (QED) is 0.657. The van der Waals surface area contributed by atoms with E-state index in [-0.39, 0.29) is 5.91 Å². The van der Waals surface area contributed by atoms with Crippen molar-refractivity contribution in [2.75, 3.05) is 13.1 Å². The third kappa shape index (κ3) is 3.00. The van der Waals surface area contributed by atoms with Gasteiger partial charge in [0.2, 0.25) is 0 Å². The van der Waals surface area contributed by atoms with Crippen LogP contribution in [0.5, 0.6) is 0 Å². The van der Waals surface area contributed by atoms with Crippen molar-refractivity contribution in [3.63, 3.8) is 0 Å². The summed E-state index contributed by atoms with van der Waals surface area (Å²) in [5.41, 5.74) is 2.32. The lowest BCUT2D eigenvalue weighted by atomic mass is 9.77. The minimum Gasteiger partial charge on any atom is -0.339 e. The van der Waals surface area contributed by atoms with Crippen molar-refractivity contribution in [3.8, 4) is 10.4 Å². The summed E-state index contributed by atoms with van der Waals surface area (Å²) in [7, 11) is 0. The van der Waals surface area contributed by atoms with E-state index < -0.39 is 0 Å². The van der Waals surface area contributed by atoms with Gasteiger partial charge in [0.25, 0.3) is 5.91 Å². The van der Waals surface area contributed by atoms with E-state index in [1.54, 1.807) is 0 Å². The Morgan fingerprint density at radius 2 is 1.71 bits per heavy atom. The van der Waals surface area contributed by atoms with E-state index in [1.165, 1.54) is 37.0 Å². The van der Waals surface area contributed by atoms with Gasteiger partial charge in [0, 0.05) is 18.0 Å². The molecule has 1 saturated heterocycles. The topological polar surface area (TPSA) is 20.3 Å². The van der Waals surface area contributed by atoms with E-state index in [1.807, 2.05) is 29.2 Å². The van der Waals surface area contributed by atoms with Gasteiger partial charge in [0.1, 0.15) is 4.34 Å². The number of likely N-dealkylation sites (tertiary alicyclic amines) is 1. The van der Waals surface area contributed by atoms with E-state index in [0.29, 0.717) is 15.3 Å². The normalized spacial score (nSPS) is 19.8. The molecule has 2 fully saturated rings. The van der Waals surface area contributed by atoms with Crippen LogP contribution in [0.4, 0.5) is 0 Å². The van der Waals surface area contributed by atoms with Crippen molar-refractivity contribution in [2.45, 2.75) is 38.5 Å². The molecule has 1 saturated carbocycles. The first-order chi connectivity index (χ1) is 11.7. The number of carbonyl (C=O) groups is 1. The maximum absolute atomic E-state index is 12.9. The predicted molar refractivity (Wildman–Crippen MR) is 101 cm³/mol. The van der Waals surface area contributed by atoms with Crippen LogP contribution >= 0.6 is 22.9 Å². The molecular weight excluding hydrogens is 338 g/mol. The van der Waals surface area contributed by atoms with Crippen LogP contribution in [0.15, 0.2) is 36.4 Å². The average Bonchev–Trinajstić information content (AvgIpc) is 3.23. The maximum Gasteiger partial charge on any atom is 0.256 e. The third-order valence-electron chi connectivity index (χ3n) is 5.75. The number of thiophene rings is 1. The number of amides is 1. The molecule has 4 rings (SSSR count). The molecule has 24 heavy (non-hydrogen) atoms. The fraction of sp³-hybridized carbons (Fsp3) is 0.450. The van der Waals surface area contributed by atoms with Crippen LogP contribution in [-0.2, 0) is 0 Å². The van der Waals surface area contributed by atoms with Gasteiger partial charge >= 0.3 is 0 Å². The van der Waals surface area contributed by atoms with Crippen LogP contribution in [0, 0.1) is 5.41 Å². The van der Waals surface area contributed by atoms with Crippen LogP contribution < -0.4 is 0 Å². The van der Waals surface area contributed by atoms with Crippen molar-refractivity contribution in [3.05, 3.63) is 46.3 Å². The number of benzene rings is 1. The van der Waals surface area contributed by atoms with E-state index in [4.69, 9.17) is 11.6 Å². The third-order valence-corrected chi connectivity index (χ3v) is 7.16. The first-order valence-corrected chi connectivity index (χ1v) is 10.0. The number of carbonyl (C=O) groups excluding carboxylic acids is 1. The van der Waals surface area contributed by atoms with Gasteiger partial charge < -0.3 is 4.90 Å². The molecule has 2 aliphatic rings. The highest BCUT2D eigenvalue weighted by atomic mass is 35.5. The molecule has 0 atom stereocenters. The summed E-state index contributed by atoms with van der Waals surface area (Å²) in [5.74, 6) is 0.103. The van der Waals surface area contributed by atoms with Gasteiger partial charge in [0.05, 0.1) is 5.56 Å². The van der Waals surface area contributed by atoms with Crippen LogP contribution in [0.2, 0.25) is 4.34 Å². The lowest BCUT2D eigenvalue weighted by Crippen LogP contribution is -2.42. The summed E-state index contributed by atoms with van der Waals surface area (Å²) in [6, 6.07) is 12.1. The first kappa shape index (κ1) is 16.2. The zero-order chi connectivity index (χ0) is 16.6. The monoisotopic (exact) mass is 359 g/mol. The Hall–Kier alpha value is -1.32. The Kier molecular flexibility index (Phi) is 4.40. The summed E-state index contributed by atoms with van der Waals surface area (Å²) in [6.07, 6.45) is 7.76. The molecule has 1 aromatic heterocycles. The second kappa shape index (κ2) is 6.53. The highest BCUT2D eigenvalue weighted by Gasteiger charge is 2.38. The molecule has 2 heterocycles. The molecular formula is C20H22ClNOS. The molecule has 0 bridgehead atoms. The van der Waals surface area contributed by atoms with Crippen molar-refractivity contribution in [2.24, 2.45) is 5.41 Å². The Morgan fingerprint density at radius 3 is 2.38 bits per heavy atom. The number of rotatable bonds is 2. The van der Waals surface area contributed by atoms with Crippen LogP contribution in [0.3, 0.4) is 0 Å². The zero-order valence-corrected chi connectivity index (χ0v) is 15.3. The predicted octanol–water partition coefficient (Wildman–Crippen LogP) is 5.86. The second-order valence-corrected chi connectivity index (χ2v) is 8.82. The summed E-state index contributed by atoms with van der Waals surface area (Å²) < 4.78 is 0.611. The summed E-state index contributed by atoms with van der Waals surface area (Å²) in [6.45, 7) is 1.76. The van der Waals surface area contributed by atoms with Crippen molar-refractivity contribution >= 4 is 28.8 Å². The van der Waals surface area contributed by atoms with E-state index >= 15 is 0 Å². The lowest BCUT2D eigenvalue weighted by Gasteiger charge is -2.39. The molecule has 2 aromatic rings. The Balaban J connectivity index is 1.50.